The van der Waals surface area contributed by atoms with Gasteiger partial charge in [0.15, 0.2) is 5.65 Å². The minimum atomic E-state index is -0.531. The van der Waals surface area contributed by atoms with Crippen LogP contribution in [0.4, 0.5) is 0 Å². The molecule has 0 saturated carbocycles. The highest BCUT2D eigenvalue weighted by Crippen LogP contribution is 2.29. The Hall–Kier alpha value is -1.58. The van der Waals surface area contributed by atoms with Crippen molar-refractivity contribution in [1.29, 1.82) is 0 Å². The molecule has 0 amide bonds. The average Bonchev–Trinajstić information content (AvgIpc) is 3.12. The molecule has 162 valence electrons. The molecule has 1 fully saturated rings. The second-order valence-electron chi connectivity index (χ2n) is 7.82. The van der Waals surface area contributed by atoms with Crippen LogP contribution in [0.2, 0.25) is 0 Å². The number of nitrogens with two attached hydrogens (primary N) is 1. The first-order chi connectivity index (χ1) is 14.1. The quantitative estimate of drug-likeness (QED) is 0.551. The lowest BCUT2D eigenvalue weighted by molar-refractivity contribution is -0.211. The van der Waals surface area contributed by atoms with Crippen LogP contribution in [0.25, 0.3) is 11.2 Å². The Morgan fingerprint density at radius 1 is 1.38 bits per heavy atom. The van der Waals surface area contributed by atoms with Crippen LogP contribution >= 0.6 is 0 Å². The van der Waals surface area contributed by atoms with Gasteiger partial charge < -0.3 is 25.1 Å². The fraction of sp³-hybridized carbons (Fsp3) is 0.714. The summed E-state index contributed by atoms with van der Waals surface area (Å²) in [6.45, 7) is 9.88. The van der Waals surface area contributed by atoms with Crippen LogP contribution < -0.4 is 11.1 Å². The number of methoxy groups -OCH3 is 1. The Morgan fingerprint density at radius 2 is 2.21 bits per heavy atom. The maximum atomic E-state index is 6.10. The highest BCUT2D eigenvalue weighted by atomic mass is 16.6. The Kier molecular flexibility index (Phi) is 7.97. The largest absolute Gasteiger partial charge is 0.371 e. The minimum absolute atomic E-state index is 0.0326. The number of hydrogen-bond acceptors (Lipinski definition) is 7. The standard InChI is InChI=1S/C21H36N6O2/c1-4-5-12-27(21(2,28-3)18-14-23-10-13-29-18)16-17-15-26(11-6-7-22)20-19(17)24-8-9-25-20/h8-9,15,18,23H,4-7,10-14,16,22H2,1-3H3/t18-,21?/m1/s1. The summed E-state index contributed by atoms with van der Waals surface area (Å²) in [5, 5.41) is 3.44. The molecule has 0 aliphatic carbocycles. The number of hydrogen-bond donors (Lipinski definition) is 2. The highest BCUT2D eigenvalue weighted by molar-refractivity contribution is 5.75. The first-order valence-corrected chi connectivity index (χ1v) is 10.7. The number of rotatable bonds is 11. The summed E-state index contributed by atoms with van der Waals surface area (Å²) in [6.07, 6.45) is 8.79. The monoisotopic (exact) mass is 404 g/mol. The number of unbranched alkanes of at least 4 members (excludes halogenated alkanes) is 1. The molecule has 3 rings (SSSR count). The van der Waals surface area contributed by atoms with Crippen LogP contribution in [0.15, 0.2) is 18.6 Å². The predicted molar refractivity (Wildman–Crippen MR) is 115 cm³/mol. The van der Waals surface area contributed by atoms with E-state index in [2.05, 4.69) is 44.8 Å². The second-order valence-corrected chi connectivity index (χ2v) is 7.82. The smallest absolute Gasteiger partial charge is 0.158 e. The van der Waals surface area contributed by atoms with Crippen molar-refractivity contribution in [2.75, 3.05) is 39.9 Å². The Balaban J connectivity index is 1.91. The molecule has 3 heterocycles. The molecular formula is C21H36N6O2. The summed E-state index contributed by atoms with van der Waals surface area (Å²) >= 11 is 0. The predicted octanol–water partition coefficient (Wildman–Crippen LogP) is 1.73. The van der Waals surface area contributed by atoms with E-state index in [0.717, 1.165) is 68.7 Å². The molecule has 8 heteroatoms. The molecule has 1 saturated heterocycles. The normalized spacial score (nSPS) is 19.7. The number of morpholine rings is 1. The number of aromatic nitrogens is 3. The third-order valence-corrected chi connectivity index (χ3v) is 5.88. The van der Waals surface area contributed by atoms with Crippen molar-refractivity contribution in [1.82, 2.24) is 24.8 Å². The van der Waals surface area contributed by atoms with Gasteiger partial charge in [0.2, 0.25) is 0 Å². The number of ether oxygens (including phenoxy) is 2. The van der Waals surface area contributed by atoms with Crippen molar-refractivity contribution in [2.45, 2.75) is 58.0 Å². The molecule has 2 aromatic heterocycles. The van der Waals surface area contributed by atoms with Gasteiger partial charge in [-0.2, -0.15) is 0 Å². The van der Waals surface area contributed by atoms with E-state index in [1.807, 2.05) is 0 Å². The molecule has 29 heavy (non-hydrogen) atoms. The van der Waals surface area contributed by atoms with Gasteiger partial charge in [0.25, 0.3) is 0 Å². The molecule has 1 unspecified atom stereocenters. The van der Waals surface area contributed by atoms with Gasteiger partial charge in [0.05, 0.1) is 6.61 Å². The Bertz CT molecular complexity index is 761. The molecule has 0 aromatic carbocycles. The van der Waals surface area contributed by atoms with Crippen LogP contribution in [0.1, 0.15) is 38.7 Å². The van der Waals surface area contributed by atoms with Crippen molar-refractivity contribution in [3.8, 4) is 0 Å². The average molecular weight is 405 g/mol. The van der Waals surface area contributed by atoms with Gasteiger partial charge in [-0.1, -0.05) is 13.3 Å². The van der Waals surface area contributed by atoms with Gasteiger partial charge in [-0.25, -0.2) is 4.98 Å². The molecule has 3 N–H and O–H groups in total. The fourth-order valence-electron chi connectivity index (χ4n) is 4.01. The third kappa shape index (κ3) is 4.95. The van der Waals surface area contributed by atoms with E-state index < -0.39 is 5.72 Å². The van der Waals surface area contributed by atoms with Crippen LogP contribution in [0.5, 0.6) is 0 Å². The van der Waals surface area contributed by atoms with Crippen LogP contribution in [-0.4, -0.2) is 71.2 Å². The van der Waals surface area contributed by atoms with Crippen molar-refractivity contribution < 1.29 is 9.47 Å². The minimum Gasteiger partial charge on any atom is -0.371 e. The van der Waals surface area contributed by atoms with Crippen LogP contribution in [-0.2, 0) is 22.6 Å². The summed E-state index contributed by atoms with van der Waals surface area (Å²) in [7, 11) is 1.78. The van der Waals surface area contributed by atoms with Gasteiger partial charge in [0, 0.05) is 64.0 Å². The number of nitrogens with one attached hydrogen (secondary N) is 1. The number of fused-ring (bicyclic) bond motifs is 1. The second kappa shape index (κ2) is 10.4. The van der Waals surface area contributed by atoms with Crippen LogP contribution in [0.3, 0.4) is 0 Å². The maximum Gasteiger partial charge on any atom is 0.158 e. The molecule has 0 radical (unpaired) electrons. The van der Waals surface area contributed by atoms with E-state index in [1.165, 1.54) is 0 Å². The highest BCUT2D eigenvalue weighted by Gasteiger charge is 2.42. The van der Waals surface area contributed by atoms with Crippen molar-refractivity contribution >= 4 is 11.2 Å². The molecule has 0 spiro atoms. The first-order valence-electron chi connectivity index (χ1n) is 10.7. The topological polar surface area (TPSA) is 90.5 Å². The van der Waals surface area contributed by atoms with Crippen LogP contribution in [0, 0.1) is 0 Å². The summed E-state index contributed by atoms with van der Waals surface area (Å²) in [5.41, 5.74) is 8.22. The van der Waals surface area contributed by atoms with Gasteiger partial charge in [-0.05, 0) is 26.3 Å². The Morgan fingerprint density at radius 3 is 2.90 bits per heavy atom. The molecular weight excluding hydrogens is 368 g/mol. The zero-order valence-corrected chi connectivity index (χ0v) is 18.1. The lowest BCUT2D eigenvalue weighted by Crippen LogP contribution is -2.61. The van der Waals surface area contributed by atoms with E-state index in [9.17, 15) is 0 Å². The summed E-state index contributed by atoms with van der Waals surface area (Å²) in [5.74, 6) is 0. The van der Waals surface area contributed by atoms with E-state index in [4.69, 9.17) is 15.2 Å². The molecule has 2 aromatic rings. The molecule has 1 aliphatic heterocycles. The van der Waals surface area contributed by atoms with Crippen molar-refractivity contribution in [3.05, 3.63) is 24.2 Å². The van der Waals surface area contributed by atoms with Crippen molar-refractivity contribution in [3.63, 3.8) is 0 Å². The number of aryl methyl sites for hydroxylation is 1. The first kappa shape index (κ1) is 22.1. The zero-order chi connectivity index (χ0) is 20.7. The van der Waals surface area contributed by atoms with E-state index >= 15 is 0 Å². The van der Waals surface area contributed by atoms with Gasteiger partial charge >= 0.3 is 0 Å². The number of nitrogens with zero attached hydrogens (tertiary/aromatic N) is 4. The van der Waals surface area contributed by atoms with Gasteiger partial charge in [-0.3, -0.25) is 9.88 Å². The van der Waals surface area contributed by atoms with Gasteiger partial charge in [0.1, 0.15) is 17.3 Å². The summed E-state index contributed by atoms with van der Waals surface area (Å²) in [6, 6.07) is 0. The Labute approximate surface area is 173 Å². The van der Waals surface area contributed by atoms with E-state index in [1.54, 1.807) is 19.5 Å². The summed E-state index contributed by atoms with van der Waals surface area (Å²) in [4.78, 5) is 11.6. The molecule has 2 atom stereocenters. The maximum absolute atomic E-state index is 6.10. The van der Waals surface area contributed by atoms with E-state index in [-0.39, 0.29) is 6.10 Å². The van der Waals surface area contributed by atoms with E-state index in [0.29, 0.717) is 13.2 Å². The molecule has 8 nitrogen and oxygen atoms in total. The lowest BCUT2D eigenvalue weighted by atomic mass is 10.0. The van der Waals surface area contributed by atoms with Gasteiger partial charge in [-0.15, -0.1) is 0 Å². The van der Waals surface area contributed by atoms with Crippen molar-refractivity contribution in [2.24, 2.45) is 5.73 Å². The summed E-state index contributed by atoms with van der Waals surface area (Å²) < 4.78 is 14.4. The SMILES string of the molecule is CCCCN(Cc1cn(CCCN)c2nccnc12)C(C)(OC)[C@H]1CNCCO1. The lowest BCUT2D eigenvalue weighted by Gasteiger charge is -2.46. The zero-order valence-electron chi connectivity index (χ0n) is 18.1. The molecule has 0 bridgehead atoms. The third-order valence-electron chi connectivity index (χ3n) is 5.88. The molecule has 1 aliphatic rings. The fourth-order valence-corrected chi connectivity index (χ4v) is 4.01.